The lowest BCUT2D eigenvalue weighted by Crippen LogP contribution is -2.37. The molecule has 1 fully saturated rings. The Bertz CT molecular complexity index is 566. The van der Waals surface area contributed by atoms with Crippen LogP contribution in [0.3, 0.4) is 0 Å². The lowest BCUT2D eigenvalue weighted by atomic mass is 10.1. The molecule has 132 valence electrons. The maximum absolute atomic E-state index is 12.4. The third-order valence-corrected chi connectivity index (χ3v) is 4.26. The number of nitrogens with one attached hydrogen (secondary N) is 1. The molecule has 6 heteroatoms. The fraction of sp³-hybridized carbons (Fsp3) is 0.556. The Morgan fingerprint density at radius 3 is 2.67 bits per heavy atom. The maximum Gasteiger partial charge on any atom is 0.321 e. The molecule has 0 aliphatic carbocycles. The molecule has 1 aliphatic heterocycles. The molecule has 1 aromatic rings. The van der Waals surface area contributed by atoms with Crippen molar-refractivity contribution in [3.8, 4) is 0 Å². The minimum Gasteiger partial charge on any atom is -0.376 e. The Morgan fingerprint density at radius 2 is 2.04 bits per heavy atom. The van der Waals surface area contributed by atoms with Crippen molar-refractivity contribution in [3.63, 3.8) is 0 Å². The number of carbonyl (C=O) groups excluding carboxylic acids is 2. The predicted molar refractivity (Wildman–Crippen MR) is 94.3 cm³/mol. The highest BCUT2D eigenvalue weighted by atomic mass is 16.5. The number of nitrogens with zero attached hydrogens (tertiary/aromatic N) is 2. The van der Waals surface area contributed by atoms with Crippen LogP contribution in [0.5, 0.6) is 0 Å². The van der Waals surface area contributed by atoms with E-state index in [1.165, 1.54) is 0 Å². The number of benzene rings is 1. The van der Waals surface area contributed by atoms with Crippen LogP contribution in [0.1, 0.15) is 37.0 Å². The number of carbonyl (C=O) groups is 2. The van der Waals surface area contributed by atoms with Crippen LogP contribution in [-0.2, 0) is 4.74 Å². The summed E-state index contributed by atoms with van der Waals surface area (Å²) in [6, 6.07) is 6.87. The summed E-state index contributed by atoms with van der Waals surface area (Å²) in [4.78, 5) is 28.1. The van der Waals surface area contributed by atoms with Gasteiger partial charge in [-0.15, -0.1) is 0 Å². The molecular weight excluding hydrogens is 306 g/mol. The van der Waals surface area contributed by atoms with Crippen molar-refractivity contribution in [1.82, 2.24) is 9.80 Å². The van der Waals surface area contributed by atoms with E-state index in [1.807, 2.05) is 13.8 Å². The van der Waals surface area contributed by atoms with Crippen molar-refractivity contribution >= 4 is 17.6 Å². The molecule has 0 radical (unpaired) electrons. The Kier molecular flexibility index (Phi) is 6.61. The first-order valence-corrected chi connectivity index (χ1v) is 8.58. The van der Waals surface area contributed by atoms with Crippen molar-refractivity contribution < 1.29 is 14.3 Å². The van der Waals surface area contributed by atoms with Crippen molar-refractivity contribution in [1.29, 1.82) is 0 Å². The molecule has 2 rings (SSSR count). The molecule has 1 heterocycles. The van der Waals surface area contributed by atoms with E-state index < -0.39 is 0 Å². The van der Waals surface area contributed by atoms with Gasteiger partial charge in [0.25, 0.3) is 5.91 Å². The molecule has 3 amide bonds. The third kappa shape index (κ3) is 4.71. The summed E-state index contributed by atoms with van der Waals surface area (Å²) in [6.07, 6.45) is 2.16. The van der Waals surface area contributed by atoms with Crippen LogP contribution in [0.15, 0.2) is 24.3 Å². The summed E-state index contributed by atoms with van der Waals surface area (Å²) in [5.74, 6) is -0.0243. The molecule has 1 aromatic carbocycles. The first-order chi connectivity index (χ1) is 11.5. The van der Waals surface area contributed by atoms with Gasteiger partial charge in [0.2, 0.25) is 0 Å². The molecule has 6 nitrogen and oxygen atoms in total. The molecule has 0 unspecified atom stereocenters. The van der Waals surface area contributed by atoms with E-state index in [0.717, 1.165) is 19.4 Å². The van der Waals surface area contributed by atoms with Gasteiger partial charge in [0.15, 0.2) is 0 Å². The second-order valence-corrected chi connectivity index (χ2v) is 6.00. The van der Waals surface area contributed by atoms with Crippen LogP contribution in [0.4, 0.5) is 10.5 Å². The average Bonchev–Trinajstić information content (AvgIpc) is 3.09. The number of urea groups is 1. The summed E-state index contributed by atoms with van der Waals surface area (Å²) in [7, 11) is 1.75. The van der Waals surface area contributed by atoms with E-state index in [1.54, 1.807) is 41.1 Å². The summed E-state index contributed by atoms with van der Waals surface area (Å²) >= 11 is 0. The highest BCUT2D eigenvalue weighted by molar-refractivity contribution is 5.96. The van der Waals surface area contributed by atoms with Crippen molar-refractivity contribution in [3.05, 3.63) is 29.8 Å². The van der Waals surface area contributed by atoms with Gasteiger partial charge in [0.1, 0.15) is 0 Å². The second-order valence-electron chi connectivity index (χ2n) is 6.00. The van der Waals surface area contributed by atoms with Gasteiger partial charge < -0.3 is 19.9 Å². The average molecular weight is 333 g/mol. The molecule has 1 aliphatic rings. The smallest absolute Gasteiger partial charge is 0.321 e. The number of anilines is 1. The van der Waals surface area contributed by atoms with E-state index in [-0.39, 0.29) is 18.0 Å². The zero-order valence-electron chi connectivity index (χ0n) is 14.7. The SMILES string of the molecule is CCN(CC)C(=O)c1cccc(NC(=O)N(C)C[C@@H]2CCCO2)c1. The molecule has 0 spiro atoms. The summed E-state index contributed by atoms with van der Waals surface area (Å²) in [5.41, 5.74) is 1.20. The van der Waals surface area contributed by atoms with Crippen LogP contribution in [-0.4, -0.2) is 61.1 Å². The maximum atomic E-state index is 12.4. The molecule has 0 bridgehead atoms. The van der Waals surface area contributed by atoms with E-state index in [2.05, 4.69) is 5.32 Å². The number of likely N-dealkylation sites (N-methyl/N-ethyl adjacent to an activating group) is 1. The molecule has 24 heavy (non-hydrogen) atoms. The van der Waals surface area contributed by atoms with E-state index in [4.69, 9.17) is 4.74 Å². The number of rotatable bonds is 6. The number of ether oxygens (including phenoxy) is 1. The van der Waals surface area contributed by atoms with E-state index >= 15 is 0 Å². The van der Waals surface area contributed by atoms with Crippen molar-refractivity contribution in [2.75, 3.05) is 38.6 Å². The molecule has 0 aromatic heterocycles. The zero-order chi connectivity index (χ0) is 17.5. The van der Waals surface area contributed by atoms with Gasteiger partial charge >= 0.3 is 6.03 Å². The van der Waals surface area contributed by atoms with E-state index in [9.17, 15) is 9.59 Å². The highest BCUT2D eigenvalue weighted by Crippen LogP contribution is 2.15. The summed E-state index contributed by atoms with van der Waals surface area (Å²) in [5, 5.41) is 2.85. The lowest BCUT2D eigenvalue weighted by Gasteiger charge is -2.22. The second kappa shape index (κ2) is 8.68. The minimum absolute atomic E-state index is 0.0243. The van der Waals surface area contributed by atoms with Crippen LogP contribution in [0, 0.1) is 0 Å². The lowest BCUT2D eigenvalue weighted by molar-refractivity contribution is 0.0773. The first kappa shape index (κ1) is 18.3. The van der Waals surface area contributed by atoms with Gasteiger partial charge in [0.05, 0.1) is 6.10 Å². The normalized spacial score (nSPS) is 16.7. The Balaban J connectivity index is 1.97. The van der Waals surface area contributed by atoms with Gasteiger partial charge in [-0.25, -0.2) is 4.79 Å². The molecule has 1 N–H and O–H groups in total. The minimum atomic E-state index is -0.196. The van der Waals surface area contributed by atoms with E-state index in [0.29, 0.717) is 30.9 Å². The highest BCUT2D eigenvalue weighted by Gasteiger charge is 2.20. The molecule has 0 saturated carbocycles. The van der Waals surface area contributed by atoms with Crippen LogP contribution < -0.4 is 5.32 Å². The number of amides is 3. The predicted octanol–water partition coefficient (Wildman–Crippen LogP) is 2.81. The van der Waals surface area contributed by atoms with Gasteiger partial charge in [-0.1, -0.05) is 6.07 Å². The van der Waals surface area contributed by atoms with Crippen LogP contribution in [0.2, 0.25) is 0 Å². The standard InChI is InChI=1S/C18H27N3O3/c1-4-21(5-2)17(22)14-8-6-9-15(12-14)19-18(23)20(3)13-16-10-7-11-24-16/h6,8-9,12,16H,4-5,7,10-11,13H2,1-3H3,(H,19,23)/t16-/m0/s1. The van der Waals surface area contributed by atoms with Crippen LogP contribution in [0.25, 0.3) is 0 Å². The number of hydrogen-bond acceptors (Lipinski definition) is 3. The Labute approximate surface area is 143 Å². The Morgan fingerprint density at radius 1 is 1.29 bits per heavy atom. The number of hydrogen-bond donors (Lipinski definition) is 1. The van der Waals surface area contributed by atoms with Crippen LogP contribution >= 0.6 is 0 Å². The molecule has 1 saturated heterocycles. The quantitative estimate of drug-likeness (QED) is 0.871. The molecule has 1 atom stereocenters. The topological polar surface area (TPSA) is 61.9 Å². The fourth-order valence-corrected chi connectivity index (χ4v) is 2.82. The van der Waals surface area contributed by atoms with Gasteiger partial charge in [-0.05, 0) is 44.9 Å². The summed E-state index contributed by atoms with van der Waals surface area (Å²) in [6.45, 7) is 6.58. The monoisotopic (exact) mass is 333 g/mol. The van der Waals surface area contributed by atoms with Crippen molar-refractivity contribution in [2.45, 2.75) is 32.8 Å². The van der Waals surface area contributed by atoms with Gasteiger partial charge in [0, 0.05) is 44.5 Å². The molecular formula is C18H27N3O3. The summed E-state index contributed by atoms with van der Waals surface area (Å²) < 4.78 is 5.55. The van der Waals surface area contributed by atoms with Gasteiger partial charge in [-0.2, -0.15) is 0 Å². The Hall–Kier alpha value is -2.08. The van der Waals surface area contributed by atoms with Crippen molar-refractivity contribution in [2.24, 2.45) is 0 Å². The largest absolute Gasteiger partial charge is 0.376 e. The fourth-order valence-electron chi connectivity index (χ4n) is 2.82. The first-order valence-electron chi connectivity index (χ1n) is 8.58. The zero-order valence-corrected chi connectivity index (χ0v) is 14.7. The third-order valence-electron chi connectivity index (χ3n) is 4.26. The van der Waals surface area contributed by atoms with Gasteiger partial charge in [-0.3, -0.25) is 4.79 Å².